The third-order valence-electron chi connectivity index (χ3n) is 5.30. The minimum absolute atomic E-state index is 0.0430. The Hall–Kier alpha value is -2.02. The van der Waals surface area contributed by atoms with Gasteiger partial charge in [-0.2, -0.15) is 0 Å². The maximum Gasteiger partial charge on any atom is 0.317 e. The summed E-state index contributed by atoms with van der Waals surface area (Å²) in [6.07, 6.45) is 2.48. The third-order valence-corrected chi connectivity index (χ3v) is 6.10. The van der Waals surface area contributed by atoms with Crippen molar-refractivity contribution in [2.45, 2.75) is 57.4 Å². The fourth-order valence-corrected chi connectivity index (χ4v) is 4.02. The fourth-order valence-electron chi connectivity index (χ4n) is 3.40. The molecule has 1 aromatic carbocycles. The number of aromatic nitrogens is 1. The summed E-state index contributed by atoms with van der Waals surface area (Å²) in [6.45, 7) is 5.99. The summed E-state index contributed by atoms with van der Waals surface area (Å²) < 4.78 is 10.8. The summed E-state index contributed by atoms with van der Waals surface area (Å²) >= 11 is 1.16. The summed E-state index contributed by atoms with van der Waals surface area (Å²) in [5, 5.41) is 3.45. The Balaban J connectivity index is 1.46. The van der Waals surface area contributed by atoms with Crippen LogP contribution in [0.2, 0.25) is 0 Å². The SMILES string of the molecule is C[C@@H]1[C@@H](C)CCC[C@H]1NC(=O)[C@@H](C)OC(=O)CSc1nc2ccccc2o1. The molecular formula is C20H26N2O4S. The number of carbonyl (C=O) groups is 2. The van der Waals surface area contributed by atoms with Crippen LogP contribution in [-0.4, -0.2) is 34.8 Å². The molecule has 1 aliphatic rings. The third kappa shape index (κ3) is 5.03. The van der Waals surface area contributed by atoms with E-state index in [1.807, 2.05) is 24.3 Å². The van der Waals surface area contributed by atoms with Crippen LogP contribution in [0.4, 0.5) is 0 Å². The molecule has 1 fully saturated rings. The van der Waals surface area contributed by atoms with E-state index in [1.54, 1.807) is 6.92 Å². The van der Waals surface area contributed by atoms with Crippen molar-refractivity contribution in [2.75, 3.05) is 5.75 Å². The molecule has 2 aromatic rings. The number of hydrogen-bond acceptors (Lipinski definition) is 6. The molecule has 7 heteroatoms. The van der Waals surface area contributed by atoms with Gasteiger partial charge in [0.25, 0.3) is 11.1 Å². The second kappa shape index (κ2) is 8.78. The van der Waals surface area contributed by atoms with Crippen molar-refractivity contribution in [1.82, 2.24) is 10.3 Å². The van der Waals surface area contributed by atoms with Crippen molar-refractivity contribution in [3.63, 3.8) is 0 Å². The number of oxazole rings is 1. The predicted octanol–water partition coefficient (Wildman–Crippen LogP) is 3.79. The van der Waals surface area contributed by atoms with Gasteiger partial charge in [-0.3, -0.25) is 9.59 Å². The molecule has 146 valence electrons. The van der Waals surface area contributed by atoms with Gasteiger partial charge in [0.2, 0.25) is 0 Å². The zero-order valence-electron chi connectivity index (χ0n) is 15.9. The van der Waals surface area contributed by atoms with Gasteiger partial charge in [0, 0.05) is 6.04 Å². The first-order valence-electron chi connectivity index (χ1n) is 9.42. The van der Waals surface area contributed by atoms with Gasteiger partial charge in [0.15, 0.2) is 11.7 Å². The molecule has 1 aromatic heterocycles. The molecule has 0 unspecified atom stereocenters. The van der Waals surface area contributed by atoms with Crippen molar-refractivity contribution in [1.29, 1.82) is 0 Å². The van der Waals surface area contributed by atoms with Gasteiger partial charge in [-0.25, -0.2) is 4.98 Å². The molecule has 1 heterocycles. The predicted molar refractivity (Wildman–Crippen MR) is 104 cm³/mol. The van der Waals surface area contributed by atoms with Crippen LogP contribution in [0.5, 0.6) is 0 Å². The Morgan fingerprint density at radius 2 is 2.11 bits per heavy atom. The number of rotatable bonds is 6. The number of benzene rings is 1. The van der Waals surface area contributed by atoms with Crippen LogP contribution in [0.3, 0.4) is 0 Å². The Bertz CT molecular complexity index is 773. The van der Waals surface area contributed by atoms with Crippen LogP contribution < -0.4 is 5.32 Å². The van der Waals surface area contributed by atoms with Gasteiger partial charge < -0.3 is 14.5 Å². The normalized spacial score (nSPS) is 23.7. The number of thioether (sulfide) groups is 1. The van der Waals surface area contributed by atoms with Gasteiger partial charge in [-0.1, -0.05) is 50.6 Å². The summed E-state index contributed by atoms with van der Waals surface area (Å²) in [4.78, 5) is 28.7. The average molecular weight is 391 g/mol. The number of esters is 1. The van der Waals surface area contributed by atoms with Crippen molar-refractivity contribution < 1.29 is 18.7 Å². The van der Waals surface area contributed by atoms with Crippen molar-refractivity contribution in [2.24, 2.45) is 11.8 Å². The number of para-hydroxylation sites is 2. The van der Waals surface area contributed by atoms with Gasteiger partial charge in [-0.15, -0.1) is 0 Å². The minimum Gasteiger partial charge on any atom is -0.452 e. The van der Waals surface area contributed by atoms with E-state index in [-0.39, 0.29) is 17.7 Å². The van der Waals surface area contributed by atoms with Crippen LogP contribution >= 0.6 is 11.8 Å². The molecular weight excluding hydrogens is 364 g/mol. The van der Waals surface area contributed by atoms with E-state index in [4.69, 9.17) is 9.15 Å². The highest BCUT2D eigenvalue weighted by molar-refractivity contribution is 7.99. The highest BCUT2D eigenvalue weighted by Gasteiger charge is 2.30. The smallest absolute Gasteiger partial charge is 0.317 e. The van der Waals surface area contributed by atoms with Gasteiger partial charge in [0.1, 0.15) is 11.3 Å². The lowest BCUT2D eigenvalue weighted by molar-refractivity contribution is -0.152. The Labute approximate surface area is 163 Å². The van der Waals surface area contributed by atoms with Crippen LogP contribution in [0.15, 0.2) is 33.9 Å². The molecule has 1 N–H and O–H groups in total. The molecule has 1 aliphatic carbocycles. The molecule has 3 rings (SSSR count). The van der Waals surface area contributed by atoms with Crippen LogP contribution in [0, 0.1) is 11.8 Å². The number of fused-ring (bicyclic) bond motifs is 1. The van der Waals surface area contributed by atoms with Crippen LogP contribution in [0.25, 0.3) is 11.1 Å². The van der Waals surface area contributed by atoms with Gasteiger partial charge in [0.05, 0.1) is 0 Å². The summed E-state index contributed by atoms with van der Waals surface area (Å²) in [7, 11) is 0. The zero-order valence-corrected chi connectivity index (χ0v) is 16.8. The average Bonchev–Trinajstić information content (AvgIpc) is 3.06. The standard InChI is InChI=1S/C20H26N2O4S/c1-12-7-6-9-15(13(12)2)21-19(24)14(3)25-18(23)11-27-20-22-16-8-4-5-10-17(16)26-20/h4-5,8,10,12-15H,6-7,9,11H2,1-3H3,(H,21,24)/t12-,13+,14+,15+/m0/s1. The molecule has 4 atom stereocenters. The molecule has 27 heavy (non-hydrogen) atoms. The molecule has 0 spiro atoms. The number of nitrogens with zero attached hydrogens (tertiary/aromatic N) is 1. The summed E-state index contributed by atoms with van der Waals surface area (Å²) in [6, 6.07) is 7.56. The van der Waals surface area contributed by atoms with E-state index >= 15 is 0 Å². The maximum atomic E-state index is 12.4. The first kappa shape index (κ1) is 19.7. The first-order chi connectivity index (χ1) is 12.9. The molecule has 1 saturated carbocycles. The van der Waals surface area contributed by atoms with E-state index in [9.17, 15) is 9.59 Å². The number of ether oxygens (including phenoxy) is 1. The van der Waals surface area contributed by atoms with E-state index < -0.39 is 12.1 Å². The quantitative estimate of drug-likeness (QED) is 0.597. The Kier molecular flexibility index (Phi) is 6.42. The first-order valence-corrected chi connectivity index (χ1v) is 10.4. The lowest BCUT2D eigenvalue weighted by Gasteiger charge is -2.35. The molecule has 0 bridgehead atoms. The number of hydrogen-bond donors (Lipinski definition) is 1. The Morgan fingerprint density at radius 3 is 2.89 bits per heavy atom. The van der Waals surface area contributed by atoms with Crippen molar-refractivity contribution >= 4 is 34.7 Å². The minimum atomic E-state index is -0.814. The maximum absolute atomic E-state index is 12.4. The van der Waals surface area contributed by atoms with Crippen molar-refractivity contribution in [3.05, 3.63) is 24.3 Å². The lowest BCUT2D eigenvalue weighted by atomic mass is 9.78. The molecule has 0 aliphatic heterocycles. The number of nitrogens with one attached hydrogen (secondary N) is 1. The van der Waals surface area contributed by atoms with Crippen LogP contribution in [-0.2, 0) is 14.3 Å². The van der Waals surface area contributed by atoms with Gasteiger partial charge >= 0.3 is 5.97 Å². The van der Waals surface area contributed by atoms with Gasteiger partial charge in [-0.05, 0) is 37.3 Å². The number of amides is 1. The second-order valence-electron chi connectivity index (χ2n) is 7.25. The largest absolute Gasteiger partial charge is 0.452 e. The monoisotopic (exact) mass is 390 g/mol. The summed E-state index contributed by atoms with van der Waals surface area (Å²) in [5.74, 6) is 0.368. The Morgan fingerprint density at radius 1 is 1.33 bits per heavy atom. The summed E-state index contributed by atoms with van der Waals surface area (Å²) in [5.41, 5.74) is 1.42. The molecule has 0 radical (unpaired) electrons. The highest BCUT2D eigenvalue weighted by Crippen LogP contribution is 2.29. The highest BCUT2D eigenvalue weighted by atomic mass is 32.2. The topological polar surface area (TPSA) is 81.4 Å². The van der Waals surface area contributed by atoms with E-state index in [1.165, 1.54) is 6.42 Å². The molecule has 1 amide bonds. The number of carbonyl (C=O) groups excluding carboxylic acids is 2. The molecule has 0 saturated heterocycles. The van der Waals surface area contributed by atoms with E-state index in [0.29, 0.717) is 22.6 Å². The lowest BCUT2D eigenvalue weighted by Crippen LogP contribution is -2.47. The van der Waals surface area contributed by atoms with Crippen molar-refractivity contribution in [3.8, 4) is 0 Å². The van der Waals surface area contributed by atoms with Crippen LogP contribution in [0.1, 0.15) is 40.0 Å². The zero-order chi connectivity index (χ0) is 19.4. The van der Waals surface area contributed by atoms with E-state index in [2.05, 4.69) is 24.1 Å². The second-order valence-corrected chi connectivity index (χ2v) is 8.18. The molecule has 6 nitrogen and oxygen atoms in total. The van der Waals surface area contributed by atoms with E-state index in [0.717, 1.165) is 30.1 Å². The fraction of sp³-hybridized carbons (Fsp3) is 0.550.